The van der Waals surface area contributed by atoms with Gasteiger partial charge >= 0.3 is 0 Å². The van der Waals surface area contributed by atoms with Gasteiger partial charge in [-0.1, -0.05) is 0 Å². The fourth-order valence-corrected chi connectivity index (χ4v) is 4.08. The smallest absolute Gasteiger partial charge is 0.262 e. The fraction of sp³-hybridized carbons (Fsp3) is 0.750. The largest absolute Gasteiger partial charge is 0.334 e. The molecule has 2 unspecified atom stereocenters. The van der Waals surface area contributed by atoms with Crippen molar-refractivity contribution in [3.63, 3.8) is 0 Å². The Kier molecular flexibility index (Phi) is 5.60. The summed E-state index contributed by atoms with van der Waals surface area (Å²) in [5.74, 6) is 0.733. The minimum absolute atomic E-state index is 0. The Balaban J connectivity index is 0.00000200. The first-order chi connectivity index (χ1) is 8.86. The molecule has 0 spiro atoms. The Morgan fingerprint density at radius 2 is 2.10 bits per heavy atom. The molecule has 1 aliphatic heterocycles. The third-order valence-electron chi connectivity index (χ3n) is 3.57. The number of hydrogen-bond acceptors (Lipinski definition) is 4. The lowest BCUT2D eigenvalue weighted by atomic mass is 10.2. The molecule has 20 heavy (non-hydrogen) atoms. The zero-order valence-corrected chi connectivity index (χ0v) is 14.0. The van der Waals surface area contributed by atoms with E-state index in [0.717, 1.165) is 12.4 Å². The van der Waals surface area contributed by atoms with E-state index >= 15 is 0 Å². The van der Waals surface area contributed by atoms with Gasteiger partial charge in [-0.15, -0.1) is 12.4 Å². The number of imidazole rings is 1. The molecular formula is C12H23ClN4O2S. The normalized spacial score (nSPS) is 24.4. The van der Waals surface area contributed by atoms with Gasteiger partial charge in [0.25, 0.3) is 10.0 Å². The second kappa shape index (κ2) is 6.43. The average Bonchev–Trinajstić information content (AvgIpc) is 2.74. The van der Waals surface area contributed by atoms with E-state index in [4.69, 9.17) is 0 Å². The summed E-state index contributed by atoms with van der Waals surface area (Å²) in [6, 6.07) is 0.119. The molecule has 0 amide bonds. The van der Waals surface area contributed by atoms with Crippen molar-refractivity contribution in [2.24, 2.45) is 0 Å². The van der Waals surface area contributed by atoms with Gasteiger partial charge in [0.2, 0.25) is 0 Å². The molecule has 0 bridgehead atoms. The molecule has 2 rings (SSSR count). The highest BCUT2D eigenvalue weighted by atomic mass is 35.5. The lowest BCUT2D eigenvalue weighted by molar-refractivity contribution is 0.244. The number of aryl methyl sites for hydroxylation is 2. The highest BCUT2D eigenvalue weighted by Crippen LogP contribution is 2.20. The topological polar surface area (TPSA) is 67.2 Å². The van der Waals surface area contributed by atoms with Gasteiger partial charge in [-0.3, -0.25) is 0 Å². The van der Waals surface area contributed by atoms with Crippen molar-refractivity contribution in [3.8, 4) is 0 Å². The Hall–Kier alpha value is -0.630. The van der Waals surface area contributed by atoms with Crippen molar-refractivity contribution in [3.05, 3.63) is 12.0 Å². The molecular weight excluding hydrogens is 300 g/mol. The van der Waals surface area contributed by atoms with Crippen LogP contribution in [0.3, 0.4) is 0 Å². The van der Waals surface area contributed by atoms with Gasteiger partial charge < -0.3 is 9.88 Å². The van der Waals surface area contributed by atoms with Gasteiger partial charge in [0, 0.05) is 37.9 Å². The first-order valence-corrected chi connectivity index (χ1v) is 8.09. The Morgan fingerprint density at radius 1 is 1.45 bits per heavy atom. The molecule has 0 saturated carbocycles. The first kappa shape index (κ1) is 17.4. The number of hydrogen-bond donors (Lipinski definition) is 1. The van der Waals surface area contributed by atoms with Gasteiger partial charge in [-0.25, -0.2) is 13.4 Å². The molecule has 1 aromatic rings. The van der Waals surface area contributed by atoms with E-state index in [0.29, 0.717) is 13.1 Å². The zero-order chi connectivity index (χ0) is 14.2. The third-order valence-corrected chi connectivity index (χ3v) is 5.43. The second-order valence-electron chi connectivity index (χ2n) is 5.15. The molecule has 0 radical (unpaired) electrons. The molecule has 6 nitrogen and oxygen atoms in total. The van der Waals surface area contributed by atoms with E-state index in [9.17, 15) is 8.42 Å². The summed E-state index contributed by atoms with van der Waals surface area (Å²) in [4.78, 5) is 4.20. The Bertz CT molecular complexity index is 558. The molecule has 0 aromatic carbocycles. The molecule has 0 aliphatic carbocycles. The standard InChI is InChI=1S/C12H22N4O2S.ClH/c1-5-15-8-12(14-11(15)4)19(17,18)16-7-9(2)13-6-10(16)3;/h8-10,13H,5-7H2,1-4H3;1H. The lowest BCUT2D eigenvalue weighted by Gasteiger charge is -2.35. The Morgan fingerprint density at radius 3 is 2.65 bits per heavy atom. The van der Waals surface area contributed by atoms with Crippen molar-refractivity contribution in [2.75, 3.05) is 13.1 Å². The van der Waals surface area contributed by atoms with Crippen LogP contribution in [0.2, 0.25) is 0 Å². The van der Waals surface area contributed by atoms with Gasteiger partial charge in [0.1, 0.15) is 5.82 Å². The van der Waals surface area contributed by atoms with Crippen LogP contribution in [0.1, 0.15) is 26.6 Å². The first-order valence-electron chi connectivity index (χ1n) is 6.65. The highest BCUT2D eigenvalue weighted by molar-refractivity contribution is 7.89. The maximum atomic E-state index is 12.6. The predicted molar refractivity (Wildman–Crippen MR) is 80.7 cm³/mol. The molecule has 2 heterocycles. The number of rotatable bonds is 3. The second-order valence-corrected chi connectivity index (χ2v) is 6.98. The van der Waals surface area contributed by atoms with Gasteiger partial charge in [-0.05, 0) is 27.7 Å². The molecule has 8 heteroatoms. The molecule has 2 atom stereocenters. The van der Waals surface area contributed by atoms with Crippen LogP contribution >= 0.6 is 12.4 Å². The van der Waals surface area contributed by atoms with Crippen molar-refractivity contribution in [2.45, 2.75) is 51.3 Å². The van der Waals surface area contributed by atoms with Crippen molar-refractivity contribution < 1.29 is 8.42 Å². The SMILES string of the molecule is CCn1cc(S(=O)(=O)N2CC(C)NCC2C)nc1C.Cl. The zero-order valence-electron chi connectivity index (χ0n) is 12.3. The summed E-state index contributed by atoms with van der Waals surface area (Å²) >= 11 is 0. The number of nitrogens with one attached hydrogen (secondary N) is 1. The summed E-state index contributed by atoms with van der Waals surface area (Å²) < 4.78 is 28.7. The maximum Gasteiger partial charge on any atom is 0.262 e. The number of halogens is 1. The van der Waals surface area contributed by atoms with Gasteiger partial charge in [0.15, 0.2) is 5.03 Å². The number of nitrogens with zero attached hydrogens (tertiary/aromatic N) is 3. The predicted octanol–water partition coefficient (Wildman–Crippen LogP) is 1.00. The van der Waals surface area contributed by atoms with Crippen LogP contribution in [0.5, 0.6) is 0 Å². The summed E-state index contributed by atoms with van der Waals surface area (Å²) in [5, 5.41) is 3.44. The van der Waals surface area contributed by atoms with Crippen LogP contribution in [0.4, 0.5) is 0 Å². The third kappa shape index (κ3) is 3.16. The number of aromatic nitrogens is 2. The van der Waals surface area contributed by atoms with Crippen molar-refractivity contribution >= 4 is 22.4 Å². The van der Waals surface area contributed by atoms with Gasteiger partial charge in [0.05, 0.1) is 0 Å². The van der Waals surface area contributed by atoms with Crippen LogP contribution in [-0.2, 0) is 16.6 Å². The van der Waals surface area contributed by atoms with E-state index in [1.165, 1.54) is 0 Å². The fourth-order valence-electron chi connectivity index (χ4n) is 2.37. The average molecular weight is 323 g/mol. The van der Waals surface area contributed by atoms with Crippen LogP contribution in [0, 0.1) is 6.92 Å². The molecule has 1 aromatic heterocycles. The highest BCUT2D eigenvalue weighted by Gasteiger charge is 2.35. The van der Waals surface area contributed by atoms with Crippen LogP contribution < -0.4 is 5.32 Å². The minimum Gasteiger partial charge on any atom is -0.334 e. The minimum atomic E-state index is -3.49. The maximum absolute atomic E-state index is 12.6. The Labute approximate surface area is 127 Å². The number of piperazine rings is 1. The molecule has 1 N–H and O–H groups in total. The summed E-state index contributed by atoms with van der Waals surface area (Å²) in [5.41, 5.74) is 0. The van der Waals surface area contributed by atoms with E-state index in [1.54, 1.807) is 10.5 Å². The van der Waals surface area contributed by atoms with Crippen molar-refractivity contribution in [1.29, 1.82) is 0 Å². The van der Waals surface area contributed by atoms with Crippen LogP contribution in [-0.4, -0.2) is 47.4 Å². The van der Waals surface area contributed by atoms with E-state index in [1.807, 2.05) is 32.3 Å². The summed E-state index contributed by atoms with van der Waals surface area (Å²) in [6.07, 6.45) is 1.63. The lowest BCUT2D eigenvalue weighted by Crippen LogP contribution is -2.56. The van der Waals surface area contributed by atoms with E-state index in [-0.39, 0.29) is 29.5 Å². The van der Waals surface area contributed by atoms with Crippen molar-refractivity contribution in [1.82, 2.24) is 19.2 Å². The quantitative estimate of drug-likeness (QED) is 0.901. The van der Waals surface area contributed by atoms with Crippen LogP contribution in [0.25, 0.3) is 0 Å². The molecule has 1 aliphatic rings. The summed E-state index contributed by atoms with van der Waals surface area (Å²) in [7, 11) is -3.49. The molecule has 116 valence electrons. The summed E-state index contributed by atoms with van der Waals surface area (Å²) in [6.45, 7) is 9.59. The van der Waals surface area contributed by atoms with E-state index < -0.39 is 10.0 Å². The number of sulfonamides is 1. The molecule has 1 fully saturated rings. The molecule has 1 saturated heterocycles. The van der Waals surface area contributed by atoms with E-state index in [2.05, 4.69) is 10.3 Å². The monoisotopic (exact) mass is 322 g/mol. The van der Waals surface area contributed by atoms with Gasteiger partial charge in [-0.2, -0.15) is 4.31 Å². The van der Waals surface area contributed by atoms with Crippen LogP contribution in [0.15, 0.2) is 11.2 Å².